The van der Waals surface area contributed by atoms with Gasteiger partial charge in [-0.2, -0.15) is 0 Å². The van der Waals surface area contributed by atoms with Gasteiger partial charge in [-0.1, -0.05) is 75.4 Å². The van der Waals surface area contributed by atoms with Crippen molar-refractivity contribution >= 4 is 16.5 Å². The number of hydrogen-bond acceptors (Lipinski definition) is 0. The van der Waals surface area contributed by atoms with E-state index in [0.717, 1.165) is 4.48 Å². The van der Waals surface area contributed by atoms with Crippen LogP contribution < -0.4 is 28.5 Å². The van der Waals surface area contributed by atoms with Crippen LogP contribution in [0, 0.1) is 0 Å². The topological polar surface area (TPSA) is 0 Å². The normalized spacial score (nSPS) is 11.9. The molecule has 2 heteroatoms. The molecule has 0 bridgehead atoms. The SMILES string of the molecule is CC(C)(C)c1ccc(-c2cccc3cc(-c4ccc([N+](C)(C)C)cc4)ccc23)cc1.[I-]. The third-order valence-electron chi connectivity index (χ3n) is 5.92. The van der Waals surface area contributed by atoms with Gasteiger partial charge < -0.3 is 24.0 Å². The molecule has 0 saturated heterocycles. The molecule has 4 aromatic carbocycles. The fourth-order valence-corrected chi connectivity index (χ4v) is 3.97. The van der Waals surface area contributed by atoms with E-state index in [1.165, 1.54) is 44.3 Å². The molecule has 0 amide bonds. The van der Waals surface area contributed by atoms with E-state index in [9.17, 15) is 0 Å². The minimum Gasteiger partial charge on any atom is -1.00 e. The minimum atomic E-state index is 0. The van der Waals surface area contributed by atoms with Crippen LogP contribution in [0.1, 0.15) is 26.3 Å². The molecule has 0 saturated carbocycles. The summed E-state index contributed by atoms with van der Waals surface area (Å²) in [6.45, 7) is 6.78. The Morgan fingerprint density at radius 3 is 1.77 bits per heavy atom. The average molecular weight is 521 g/mol. The molecule has 0 aliphatic rings. The van der Waals surface area contributed by atoms with E-state index in [1.807, 2.05) is 0 Å². The number of nitrogens with zero attached hydrogens (tertiary/aromatic N) is 1. The van der Waals surface area contributed by atoms with Crippen LogP contribution in [0.2, 0.25) is 0 Å². The van der Waals surface area contributed by atoms with Crippen molar-refractivity contribution in [3.05, 3.63) is 90.5 Å². The fourth-order valence-electron chi connectivity index (χ4n) is 3.97. The molecule has 160 valence electrons. The van der Waals surface area contributed by atoms with E-state index in [1.54, 1.807) is 0 Å². The molecule has 0 N–H and O–H groups in total. The molecular formula is C29H32IN. The van der Waals surface area contributed by atoms with Crippen LogP contribution in [0.25, 0.3) is 33.0 Å². The quantitative estimate of drug-likeness (QED) is 0.272. The van der Waals surface area contributed by atoms with E-state index in [4.69, 9.17) is 0 Å². The van der Waals surface area contributed by atoms with Crippen molar-refractivity contribution in [2.24, 2.45) is 0 Å². The number of halogens is 1. The number of benzene rings is 4. The third-order valence-corrected chi connectivity index (χ3v) is 5.92. The first-order valence-corrected chi connectivity index (χ1v) is 10.7. The van der Waals surface area contributed by atoms with Crippen LogP contribution in [0.15, 0.2) is 84.9 Å². The smallest absolute Gasteiger partial charge is 0.132 e. The molecule has 0 aliphatic heterocycles. The van der Waals surface area contributed by atoms with Gasteiger partial charge in [0.25, 0.3) is 0 Å². The van der Waals surface area contributed by atoms with Crippen LogP contribution in [0.4, 0.5) is 5.69 Å². The highest BCUT2D eigenvalue weighted by atomic mass is 127. The van der Waals surface area contributed by atoms with Gasteiger partial charge in [0.1, 0.15) is 5.69 Å². The Morgan fingerprint density at radius 2 is 1.19 bits per heavy atom. The summed E-state index contributed by atoms with van der Waals surface area (Å²) in [5.41, 5.74) is 7.93. The van der Waals surface area contributed by atoms with Crippen molar-refractivity contribution in [3.8, 4) is 22.3 Å². The van der Waals surface area contributed by atoms with Gasteiger partial charge in [0.2, 0.25) is 0 Å². The van der Waals surface area contributed by atoms with Gasteiger partial charge in [-0.05, 0) is 74.3 Å². The standard InChI is InChI=1S/C29H32N.HI/c1-29(2,3)25-15-10-22(11-16-25)27-9-7-8-24-20-23(14-19-28(24)27)21-12-17-26(18-13-21)30(4,5)6;/h7-20H,1-6H3;1H/q+1;/p-1. The largest absolute Gasteiger partial charge is 1.00 e. The van der Waals surface area contributed by atoms with E-state index in [2.05, 4.69) is 127 Å². The van der Waals surface area contributed by atoms with Crippen LogP contribution >= 0.6 is 0 Å². The van der Waals surface area contributed by atoms with Crippen LogP contribution in [-0.4, -0.2) is 21.1 Å². The van der Waals surface area contributed by atoms with Crippen LogP contribution in [0.5, 0.6) is 0 Å². The molecule has 4 aromatic rings. The first-order chi connectivity index (χ1) is 14.1. The number of quaternary nitrogens is 1. The lowest BCUT2D eigenvalue weighted by Crippen LogP contribution is -3.00. The molecule has 0 spiro atoms. The summed E-state index contributed by atoms with van der Waals surface area (Å²) in [4.78, 5) is 0. The van der Waals surface area contributed by atoms with Gasteiger partial charge in [-0.15, -0.1) is 0 Å². The van der Waals surface area contributed by atoms with Gasteiger partial charge in [0, 0.05) is 0 Å². The summed E-state index contributed by atoms with van der Waals surface area (Å²) in [5, 5.41) is 2.58. The third kappa shape index (κ3) is 5.02. The summed E-state index contributed by atoms with van der Waals surface area (Å²) in [6.07, 6.45) is 0. The van der Waals surface area contributed by atoms with E-state index in [0.29, 0.717) is 0 Å². The lowest BCUT2D eigenvalue weighted by Gasteiger charge is -2.23. The highest BCUT2D eigenvalue weighted by Crippen LogP contribution is 2.33. The zero-order valence-corrected chi connectivity index (χ0v) is 21.6. The lowest BCUT2D eigenvalue weighted by atomic mass is 9.86. The predicted octanol–water partition coefficient (Wildman–Crippen LogP) is 4.67. The molecule has 0 aromatic heterocycles. The first kappa shape index (κ1) is 23.5. The van der Waals surface area contributed by atoms with Crippen molar-refractivity contribution in [2.45, 2.75) is 26.2 Å². The molecule has 0 unspecified atom stereocenters. The van der Waals surface area contributed by atoms with E-state index >= 15 is 0 Å². The highest BCUT2D eigenvalue weighted by Gasteiger charge is 2.14. The maximum absolute atomic E-state index is 2.31. The monoisotopic (exact) mass is 521 g/mol. The maximum atomic E-state index is 2.31. The highest BCUT2D eigenvalue weighted by molar-refractivity contribution is 5.98. The molecular weight excluding hydrogens is 489 g/mol. The average Bonchev–Trinajstić information content (AvgIpc) is 2.72. The zero-order chi connectivity index (χ0) is 21.5. The summed E-state index contributed by atoms with van der Waals surface area (Å²) < 4.78 is 0.829. The van der Waals surface area contributed by atoms with Gasteiger partial charge in [0.15, 0.2) is 0 Å². The van der Waals surface area contributed by atoms with Crippen molar-refractivity contribution < 1.29 is 24.0 Å². The molecule has 0 radical (unpaired) electrons. The number of fused-ring (bicyclic) bond motifs is 1. The molecule has 1 nitrogen and oxygen atoms in total. The van der Waals surface area contributed by atoms with Gasteiger partial charge in [-0.25, -0.2) is 0 Å². The van der Waals surface area contributed by atoms with E-state index in [-0.39, 0.29) is 29.4 Å². The Labute approximate surface area is 204 Å². The minimum absolute atomic E-state index is 0. The second-order valence-electron chi connectivity index (χ2n) is 10.1. The van der Waals surface area contributed by atoms with Gasteiger partial charge in [-0.3, -0.25) is 4.48 Å². The number of hydrogen-bond donors (Lipinski definition) is 0. The molecule has 0 heterocycles. The van der Waals surface area contributed by atoms with Gasteiger partial charge in [0.05, 0.1) is 21.1 Å². The predicted molar refractivity (Wildman–Crippen MR) is 133 cm³/mol. The zero-order valence-electron chi connectivity index (χ0n) is 19.4. The Bertz CT molecular complexity index is 1170. The fraction of sp³-hybridized carbons (Fsp3) is 0.241. The van der Waals surface area contributed by atoms with Crippen molar-refractivity contribution in [1.29, 1.82) is 0 Å². The van der Waals surface area contributed by atoms with Gasteiger partial charge >= 0.3 is 0 Å². The maximum Gasteiger partial charge on any atom is 0.132 e. The molecule has 0 fully saturated rings. The summed E-state index contributed by atoms with van der Waals surface area (Å²) >= 11 is 0. The molecule has 4 rings (SSSR count). The summed E-state index contributed by atoms with van der Waals surface area (Å²) in [6, 6.07) is 31.4. The molecule has 0 atom stereocenters. The Morgan fingerprint density at radius 1 is 0.613 bits per heavy atom. The van der Waals surface area contributed by atoms with Crippen LogP contribution in [0.3, 0.4) is 0 Å². The second-order valence-corrected chi connectivity index (χ2v) is 10.1. The first-order valence-electron chi connectivity index (χ1n) is 10.7. The Kier molecular flexibility index (Phi) is 6.64. The van der Waals surface area contributed by atoms with Crippen molar-refractivity contribution in [3.63, 3.8) is 0 Å². The van der Waals surface area contributed by atoms with Crippen LogP contribution in [-0.2, 0) is 5.41 Å². The van der Waals surface area contributed by atoms with Crippen molar-refractivity contribution in [2.75, 3.05) is 21.1 Å². The lowest BCUT2D eigenvalue weighted by molar-refractivity contribution is -0.00000660. The van der Waals surface area contributed by atoms with E-state index < -0.39 is 0 Å². The second kappa shape index (κ2) is 8.76. The molecule has 31 heavy (non-hydrogen) atoms. The Hall–Kier alpha value is -2.17. The van der Waals surface area contributed by atoms with Crippen molar-refractivity contribution in [1.82, 2.24) is 4.48 Å². The summed E-state index contributed by atoms with van der Waals surface area (Å²) in [5.74, 6) is 0. The Balaban J connectivity index is 0.00000272. The number of rotatable bonds is 3. The summed E-state index contributed by atoms with van der Waals surface area (Å²) in [7, 11) is 6.59. The molecule has 0 aliphatic carbocycles.